The van der Waals surface area contributed by atoms with Crippen LogP contribution in [0.3, 0.4) is 0 Å². The number of rotatable bonds is 7. The first-order valence-electron chi connectivity index (χ1n) is 9.72. The van der Waals surface area contributed by atoms with Gasteiger partial charge in [-0.2, -0.15) is 4.98 Å². The molecule has 0 aliphatic rings. The fourth-order valence-corrected chi connectivity index (χ4v) is 4.36. The van der Waals surface area contributed by atoms with Gasteiger partial charge < -0.3 is 10.6 Å². The number of carbonyl (C=O) groups is 1. The van der Waals surface area contributed by atoms with E-state index in [2.05, 4.69) is 25.3 Å². The highest BCUT2D eigenvalue weighted by atomic mass is 35.5. The van der Waals surface area contributed by atoms with E-state index in [1.165, 1.54) is 30.5 Å². The smallest absolute Gasteiger partial charge is 0.274 e. The molecule has 174 valence electrons. The molecular formula is C21H23ClN6O4S. The van der Waals surface area contributed by atoms with Crippen molar-refractivity contribution < 1.29 is 18.4 Å². The van der Waals surface area contributed by atoms with Gasteiger partial charge in [0, 0.05) is 22.5 Å². The molecule has 0 fully saturated rings. The quantitative estimate of drug-likeness (QED) is 0.248. The Balaban J connectivity index is 1.80. The Kier molecular flexibility index (Phi) is 7.18. The minimum Gasteiger partial charge on any atom is -0.339 e. The van der Waals surface area contributed by atoms with Crippen LogP contribution in [-0.2, 0) is 10.0 Å². The first kappa shape index (κ1) is 24.4. The van der Waals surface area contributed by atoms with Crippen LogP contribution in [0.2, 0.25) is 5.02 Å². The molecule has 1 amide bonds. The van der Waals surface area contributed by atoms with Crippen molar-refractivity contribution in [2.45, 2.75) is 31.2 Å². The van der Waals surface area contributed by atoms with Gasteiger partial charge in [-0.25, -0.2) is 23.6 Å². The number of hydrogen-bond donors (Lipinski definition) is 5. The van der Waals surface area contributed by atoms with Crippen molar-refractivity contribution in [3.63, 3.8) is 0 Å². The number of benzene rings is 2. The normalized spacial score (nSPS) is 11.7. The van der Waals surface area contributed by atoms with E-state index in [1.807, 2.05) is 0 Å². The summed E-state index contributed by atoms with van der Waals surface area (Å²) in [4.78, 5) is 20.0. The third-order valence-corrected chi connectivity index (χ3v) is 6.13. The van der Waals surface area contributed by atoms with Gasteiger partial charge in [-0.15, -0.1) is 0 Å². The Morgan fingerprint density at radius 1 is 1.03 bits per heavy atom. The van der Waals surface area contributed by atoms with E-state index < -0.39 is 21.5 Å². The minimum atomic E-state index is -3.72. The molecule has 5 N–H and O–H groups in total. The zero-order chi connectivity index (χ0) is 24.2. The largest absolute Gasteiger partial charge is 0.339 e. The molecule has 0 aliphatic carbocycles. The zero-order valence-electron chi connectivity index (χ0n) is 18.0. The number of sulfonamides is 1. The van der Waals surface area contributed by atoms with Crippen LogP contribution in [0.15, 0.2) is 59.6 Å². The van der Waals surface area contributed by atoms with E-state index in [0.29, 0.717) is 11.4 Å². The second kappa shape index (κ2) is 9.71. The second-order valence-corrected chi connectivity index (χ2v) is 10.1. The summed E-state index contributed by atoms with van der Waals surface area (Å²) in [5.74, 6) is -0.138. The molecule has 1 heterocycles. The Morgan fingerprint density at radius 3 is 2.36 bits per heavy atom. The monoisotopic (exact) mass is 490 g/mol. The number of nitrogens with one attached hydrogen (secondary N) is 4. The predicted molar refractivity (Wildman–Crippen MR) is 126 cm³/mol. The van der Waals surface area contributed by atoms with Crippen molar-refractivity contribution in [1.82, 2.24) is 20.2 Å². The van der Waals surface area contributed by atoms with Crippen LogP contribution in [0.25, 0.3) is 0 Å². The zero-order valence-corrected chi connectivity index (χ0v) is 19.6. The molecule has 0 unspecified atom stereocenters. The maximum Gasteiger partial charge on any atom is 0.274 e. The standard InChI is InChI=1S/C21H23ClN6O4S/c1-21(2,3)28-33(31,32)16-6-4-5-15(11-16)24-18-17(22)12-23-20(26-18)25-14-9-7-13(8-10-14)19(29)27-30/h4-12,28,30H,1-3H3,(H,27,29)(H2,23,24,25,26). The maximum atomic E-state index is 12.6. The van der Waals surface area contributed by atoms with Crippen LogP contribution in [0, 0.1) is 0 Å². The minimum absolute atomic E-state index is 0.0953. The molecule has 0 radical (unpaired) electrons. The Morgan fingerprint density at radius 2 is 1.73 bits per heavy atom. The predicted octanol–water partition coefficient (Wildman–Crippen LogP) is 3.81. The molecule has 0 saturated carbocycles. The van der Waals surface area contributed by atoms with E-state index in [-0.39, 0.29) is 27.2 Å². The van der Waals surface area contributed by atoms with E-state index in [0.717, 1.165) is 0 Å². The number of halogens is 1. The summed E-state index contributed by atoms with van der Waals surface area (Å²) in [6.45, 7) is 5.28. The topological polar surface area (TPSA) is 145 Å². The summed E-state index contributed by atoms with van der Waals surface area (Å²) < 4.78 is 27.9. The average Bonchev–Trinajstić information content (AvgIpc) is 2.75. The lowest BCUT2D eigenvalue weighted by atomic mass is 10.1. The van der Waals surface area contributed by atoms with Gasteiger partial charge in [0.2, 0.25) is 16.0 Å². The summed E-state index contributed by atoms with van der Waals surface area (Å²) in [5, 5.41) is 14.9. The number of amides is 1. The lowest BCUT2D eigenvalue weighted by molar-refractivity contribution is 0.0706. The molecule has 0 bridgehead atoms. The van der Waals surface area contributed by atoms with Gasteiger partial charge in [0.15, 0.2) is 5.82 Å². The van der Waals surface area contributed by atoms with E-state index in [1.54, 1.807) is 50.5 Å². The number of nitrogens with zero attached hydrogens (tertiary/aromatic N) is 2. The molecule has 0 spiro atoms. The summed E-state index contributed by atoms with van der Waals surface area (Å²) in [6, 6.07) is 12.5. The Bertz CT molecular complexity index is 1260. The molecule has 12 heteroatoms. The first-order valence-corrected chi connectivity index (χ1v) is 11.6. The van der Waals surface area contributed by atoms with Gasteiger partial charge >= 0.3 is 0 Å². The van der Waals surface area contributed by atoms with Crippen LogP contribution in [0.4, 0.5) is 23.1 Å². The van der Waals surface area contributed by atoms with Crippen LogP contribution in [0.5, 0.6) is 0 Å². The number of carbonyl (C=O) groups excluding carboxylic acids is 1. The van der Waals surface area contributed by atoms with Crippen molar-refractivity contribution in [3.05, 3.63) is 65.3 Å². The third-order valence-electron chi connectivity index (χ3n) is 4.10. The lowest BCUT2D eigenvalue weighted by Crippen LogP contribution is -2.40. The fraction of sp³-hybridized carbons (Fsp3) is 0.190. The summed E-state index contributed by atoms with van der Waals surface area (Å²) in [6.07, 6.45) is 1.40. The number of hydroxylamine groups is 1. The third kappa shape index (κ3) is 6.62. The highest BCUT2D eigenvalue weighted by Crippen LogP contribution is 2.26. The molecule has 1 aromatic heterocycles. The van der Waals surface area contributed by atoms with Crippen molar-refractivity contribution in [2.24, 2.45) is 0 Å². The molecule has 33 heavy (non-hydrogen) atoms. The molecule has 10 nitrogen and oxygen atoms in total. The Labute approximate surface area is 196 Å². The number of aromatic nitrogens is 2. The molecule has 3 rings (SSSR count). The van der Waals surface area contributed by atoms with Crippen LogP contribution in [-0.4, -0.2) is 35.0 Å². The molecule has 2 aromatic carbocycles. The highest BCUT2D eigenvalue weighted by molar-refractivity contribution is 7.89. The van der Waals surface area contributed by atoms with Crippen molar-refractivity contribution in [2.75, 3.05) is 10.6 Å². The van der Waals surface area contributed by atoms with E-state index in [9.17, 15) is 13.2 Å². The number of anilines is 4. The Hall–Kier alpha value is -3.25. The molecule has 0 saturated heterocycles. The van der Waals surface area contributed by atoms with Crippen LogP contribution >= 0.6 is 11.6 Å². The fourth-order valence-electron chi connectivity index (χ4n) is 2.75. The van der Waals surface area contributed by atoms with Gasteiger partial charge in [0.25, 0.3) is 5.91 Å². The van der Waals surface area contributed by atoms with Gasteiger partial charge in [-0.1, -0.05) is 17.7 Å². The second-order valence-electron chi connectivity index (χ2n) is 8.04. The summed E-state index contributed by atoms with van der Waals surface area (Å²) in [7, 11) is -3.72. The molecule has 0 aliphatic heterocycles. The summed E-state index contributed by atoms with van der Waals surface area (Å²) >= 11 is 6.22. The molecule has 0 atom stereocenters. The first-order chi connectivity index (χ1) is 15.5. The highest BCUT2D eigenvalue weighted by Gasteiger charge is 2.22. The van der Waals surface area contributed by atoms with Gasteiger partial charge in [0.05, 0.1) is 11.1 Å². The van der Waals surface area contributed by atoms with E-state index in [4.69, 9.17) is 16.8 Å². The average molecular weight is 491 g/mol. The number of hydrogen-bond acceptors (Lipinski definition) is 8. The van der Waals surface area contributed by atoms with Gasteiger partial charge in [-0.3, -0.25) is 10.0 Å². The summed E-state index contributed by atoms with van der Waals surface area (Å²) in [5.41, 5.74) is 2.28. The van der Waals surface area contributed by atoms with Gasteiger partial charge in [0.1, 0.15) is 5.02 Å². The van der Waals surface area contributed by atoms with E-state index >= 15 is 0 Å². The van der Waals surface area contributed by atoms with Crippen molar-refractivity contribution >= 4 is 50.7 Å². The van der Waals surface area contributed by atoms with Crippen LogP contribution < -0.4 is 20.8 Å². The maximum absolute atomic E-state index is 12.6. The van der Waals surface area contributed by atoms with Gasteiger partial charge in [-0.05, 0) is 63.2 Å². The van der Waals surface area contributed by atoms with Crippen molar-refractivity contribution in [1.29, 1.82) is 0 Å². The molecule has 3 aromatic rings. The molecular weight excluding hydrogens is 468 g/mol. The SMILES string of the molecule is CC(C)(C)NS(=O)(=O)c1cccc(Nc2nc(Nc3ccc(C(=O)NO)cc3)ncc2Cl)c1. The van der Waals surface area contributed by atoms with Crippen molar-refractivity contribution in [3.8, 4) is 0 Å². The van der Waals surface area contributed by atoms with Crippen LogP contribution in [0.1, 0.15) is 31.1 Å². The lowest BCUT2D eigenvalue weighted by Gasteiger charge is -2.20.